The summed E-state index contributed by atoms with van der Waals surface area (Å²) in [4.78, 5) is 74.8. The second-order valence-corrected chi connectivity index (χ2v) is 12.7. The molecule has 2 aliphatic rings. The normalized spacial score (nSPS) is 16.9. The summed E-state index contributed by atoms with van der Waals surface area (Å²) in [6.45, 7) is 10.2. The summed E-state index contributed by atoms with van der Waals surface area (Å²) in [6, 6.07) is 11.2. The van der Waals surface area contributed by atoms with Crippen LogP contribution in [-0.2, 0) is 38.1 Å². The molecule has 0 fully saturated rings. The van der Waals surface area contributed by atoms with Gasteiger partial charge in [0.15, 0.2) is 0 Å². The van der Waals surface area contributed by atoms with E-state index >= 15 is 0 Å². The van der Waals surface area contributed by atoms with Crippen LogP contribution < -0.4 is 10.6 Å². The lowest BCUT2D eigenvalue weighted by Crippen LogP contribution is -2.32. The van der Waals surface area contributed by atoms with Crippen LogP contribution in [0.2, 0.25) is 0 Å². The molecule has 2 N–H and O–H groups in total. The van der Waals surface area contributed by atoms with Crippen LogP contribution in [0.5, 0.6) is 0 Å². The predicted molar refractivity (Wildman–Crippen MR) is 198 cm³/mol. The number of nitrogens with one attached hydrogen (secondary N) is 2. The van der Waals surface area contributed by atoms with E-state index in [1.165, 1.54) is 48.5 Å². The maximum absolute atomic E-state index is 13.6. The number of dihydropyridines is 2. The average Bonchev–Trinajstić information content (AvgIpc) is 3.13. The molecule has 55 heavy (non-hydrogen) atoms. The van der Waals surface area contributed by atoms with Gasteiger partial charge in [-0.05, 0) is 71.9 Å². The molecule has 0 aliphatic carbocycles. The molecule has 16 heteroatoms. The van der Waals surface area contributed by atoms with Crippen molar-refractivity contribution >= 4 is 35.3 Å². The number of non-ortho nitro benzene ring substituents is 2. The fourth-order valence-electron chi connectivity index (χ4n) is 6.60. The van der Waals surface area contributed by atoms with Crippen molar-refractivity contribution in [3.8, 4) is 0 Å². The van der Waals surface area contributed by atoms with Crippen molar-refractivity contribution in [2.24, 2.45) is 0 Å². The third-order valence-corrected chi connectivity index (χ3v) is 9.08. The van der Waals surface area contributed by atoms with Gasteiger partial charge in [0.25, 0.3) is 11.4 Å². The molecule has 0 saturated carbocycles. The van der Waals surface area contributed by atoms with E-state index in [9.17, 15) is 39.4 Å². The number of hydrogen-bond donors (Lipinski definition) is 2. The molecule has 0 saturated heterocycles. The van der Waals surface area contributed by atoms with Gasteiger partial charge in [-0.15, -0.1) is 0 Å². The Morgan fingerprint density at radius 2 is 0.818 bits per heavy atom. The molecule has 16 nitrogen and oxygen atoms in total. The van der Waals surface area contributed by atoms with E-state index in [1.807, 2.05) is 0 Å². The van der Waals surface area contributed by atoms with Crippen LogP contribution in [0.4, 0.5) is 11.4 Å². The van der Waals surface area contributed by atoms with Crippen molar-refractivity contribution < 1.29 is 48.0 Å². The smallest absolute Gasteiger partial charge is 0.336 e. The Balaban J connectivity index is 1.40. The van der Waals surface area contributed by atoms with Gasteiger partial charge in [0, 0.05) is 47.1 Å². The number of rotatable bonds is 16. The summed E-state index contributed by atoms with van der Waals surface area (Å²) < 4.78 is 21.9. The highest BCUT2D eigenvalue weighted by Gasteiger charge is 2.39. The highest BCUT2D eigenvalue weighted by Crippen LogP contribution is 2.41. The zero-order valence-electron chi connectivity index (χ0n) is 31.5. The lowest BCUT2D eigenvalue weighted by molar-refractivity contribution is -0.385. The molecule has 2 unspecified atom stereocenters. The van der Waals surface area contributed by atoms with Crippen molar-refractivity contribution in [3.63, 3.8) is 0 Å². The van der Waals surface area contributed by atoms with Crippen molar-refractivity contribution in [1.29, 1.82) is 0 Å². The number of benzene rings is 2. The fraction of sp³-hybridized carbons (Fsp3) is 0.385. The first-order valence-electron chi connectivity index (χ1n) is 17.8. The lowest BCUT2D eigenvalue weighted by Gasteiger charge is -2.30. The highest BCUT2D eigenvalue weighted by atomic mass is 16.6. The standard InChI is InChI=1S/C39H44N4O12/c1-7-52-36(44)30-22(3)40-24(5)32(34(30)26-12-16-28(17-13-26)42(48)49)38(46)54-20-10-9-11-21-55-39(47)33-25(6)41-23(4)31(37(45)53-8-2)35(33)27-14-18-29(19-15-27)43(50)51/h12-19,34-35,40-41H,7-11,20-21H2,1-6H3. The Morgan fingerprint density at radius 3 is 1.09 bits per heavy atom. The van der Waals surface area contributed by atoms with E-state index in [0.717, 1.165) is 0 Å². The number of carbonyl (C=O) groups excluding carboxylic acids is 4. The molecule has 2 aromatic carbocycles. The highest BCUT2D eigenvalue weighted by molar-refractivity contribution is 6.01. The van der Waals surface area contributed by atoms with Gasteiger partial charge in [0.2, 0.25) is 0 Å². The molecule has 292 valence electrons. The molecule has 4 rings (SSSR count). The summed E-state index contributed by atoms with van der Waals surface area (Å²) >= 11 is 0. The molecule has 0 aromatic heterocycles. The van der Waals surface area contributed by atoms with E-state index in [4.69, 9.17) is 18.9 Å². The molecule has 0 spiro atoms. The summed E-state index contributed by atoms with van der Waals surface area (Å²) in [5.74, 6) is -4.45. The molecule has 0 bridgehead atoms. The minimum absolute atomic E-state index is 0.0113. The minimum Gasteiger partial charge on any atom is -0.463 e. The van der Waals surface area contributed by atoms with Crippen LogP contribution in [0.1, 0.15) is 83.8 Å². The number of nitrogens with zero attached hydrogens (tertiary/aromatic N) is 2. The molecule has 2 heterocycles. The first kappa shape index (κ1) is 41.4. The van der Waals surface area contributed by atoms with Crippen LogP contribution in [-0.4, -0.2) is 60.2 Å². The number of esters is 4. The maximum Gasteiger partial charge on any atom is 0.336 e. The second kappa shape index (κ2) is 18.6. The number of ether oxygens (including phenoxy) is 4. The topological polar surface area (TPSA) is 216 Å². The molecule has 2 aliphatic heterocycles. The molecule has 0 amide bonds. The van der Waals surface area contributed by atoms with E-state index in [0.29, 0.717) is 53.2 Å². The Labute approximate surface area is 317 Å². The van der Waals surface area contributed by atoms with Crippen LogP contribution >= 0.6 is 0 Å². The van der Waals surface area contributed by atoms with Crippen LogP contribution in [0.3, 0.4) is 0 Å². The van der Waals surface area contributed by atoms with Crippen LogP contribution in [0.15, 0.2) is 93.6 Å². The molecular formula is C39H44N4O12. The molecule has 2 atom stereocenters. The Hall–Kier alpha value is -6.32. The SMILES string of the molecule is CCOC(=O)C1=C(C)NC(C)=C(C(=O)OCCCCCOC(=O)C2=C(C)NC(C)=C(C(=O)OCC)C2c2ccc([N+](=O)[O-])cc2)C1c1ccc([N+](=O)[O-])cc1. The Morgan fingerprint density at radius 1 is 0.527 bits per heavy atom. The quantitative estimate of drug-likeness (QED) is 0.0655. The van der Waals surface area contributed by atoms with Gasteiger partial charge in [-0.3, -0.25) is 20.2 Å². The first-order chi connectivity index (χ1) is 26.2. The van der Waals surface area contributed by atoms with Crippen molar-refractivity contribution in [3.05, 3.63) is 125 Å². The van der Waals surface area contributed by atoms with E-state index in [2.05, 4.69) is 10.6 Å². The Kier molecular flexibility index (Phi) is 14.0. The predicted octanol–water partition coefficient (Wildman–Crippen LogP) is 6.06. The van der Waals surface area contributed by atoms with Gasteiger partial charge < -0.3 is 29.6 Å². The number of unbranched alkanes of at least 4 members (excludes halogenated alkanes) is 2. The van der Waals surface area contributed by atoms with Gasteiger partial charge in [-0.1, -0.05) is 24.3 Å². The van der Waals surface area contributed by atoms with Crippen molar-refractivity contribution in [1.82, 2.24) is 10.6 Å². The molecule has 0 radical (unpaired) electrons. The number of allylic oxidation sites excluding steroid dienone is 4. The lowest BCUT2D eigenvalue weighted by atomic mass is 9.80. The molecule has 2 aromatic rings. The second-order valence-electron chi connectivity index (χ2n) is 12.7. The van der Waals surface area contributed by atoms with Gasteiger partial charge in [0.05, 0.1) is 70.4 Å². The summed E-state index contributed by atoms with van der Waals surface area (Å²) in [5, 5.41) is 28.7. The van der Waals surface area contributed by atoms with Gasteiger partial charge >= 0.3 is 23.9 Å². The average molecular weight is 761 g/mol. The summed E-state index contributed by atoms with van der Waals surface area (Å²) in [7, 11) is 0. The number of carbonyl (C=O) groups is 4. The third kappa shape index (κ3) is 9.62. The van der Waals surface area contributed by atoms with E-state index in [-0.39, 0.29) is 60.1 Å². The monoisotopic (exact) mass is 760 g/mol. The number of hydrogen-bond acceptors (Lipinski definition) is 14. The zero-order valence-corrected chi connectivity index (χ0v) is 31.5. The number of nitro groups is 2. The summed E-state index contributed by atoms with van der Waals surface area (Å²) in [6.07, 6.45) is 1.33. The minimum atomic E-state index is -0.905. The zero-order chi connectivity index (χ0) is 40.4. The van der Waals surface area contributed by atoms with Crippen LogP contribution in [0.25, 0.3) is 0 Å². The molecular weight excluding hydrogens is 716 g/mol. The van der Waals surface area contributed by atoms with Gasteiger partial charge in [-0.25, -0.2) is 19.2 Å². The van der Waals surface area contributed by atoms with Gasteiger partial charge in [-0.2, -0.15) is 0 Å². The summed E-state index contributed by atoms with van der Waals surface area (Å²) in [5.41, 5.74) is 3.20. The van der Waals surface area contributed by atoms with Crippen LogP contribution in [0, 0.1) is 20.2 Å². The first-order valence-corrected chi connectivity index (χ1v) is 17.8. The van der Waals surface area contributed by atoms with Crippen molar-refractivity contribution in [2.45, 2.75) is 72.6 Å². The Bertz CT molecular complexity index is 1840. The van der Waals surface area contributed by atoms with E-state index < -0.39 is 45.6 Å². The third-order valence-electron chi connectivity index (χ3n) is 9.08. The maximum atomic E-state index is 13.6. The largest absolute Gasteiger partial charge is 0.463 e. The fourth-order valence-corrected chi connectivity index (χ4v) is 6.60. The van der Waals surface area contributed by atoms with E-state index in [1.54, 1.807) is 41.5 Å². The number of nitro benzene ring substituents is 2. The van der Waals surface area contributed by atoms with Gasteiger partial charge in [0.1, 0.15) is 0 Å². The van der Waals surface area contributed by atoms with Crippen molar-refractivity contribution in [2.75, 3.05) is 26.4 Å².